The summed E-state index contributed by atoms with van der Waals surface area (Å²) in [6.45, 7) is 0.545. The molecule has 0 atom stereocenters. The zero-order valence-corrected chi connectivity index (χ0v) is 11.8. The molecule has 1 aliphatic rings. The van der Waals surface area contributed by atoms with Crippen LogP contribution in [0.4, 0.5) is 14.6 Å². The highest BCUT2D eigenvalue weighted by atomic mass is 32.2. The number of nitrogens with one attached hydrogen (secondary N) is 1. The Morgan fingerprint density at radius 3 is 2.60 bits per heavy atom. The van der Waals surface area contributed by atoms with Gasteiger partial charge in [-0.15, -0.1) is 0 Å². The largest absolute Gasteiger partial charge is 0.365 e. The Morgan fingerprint density at radius 2 is 2.05 bits per heavy atom. The Bertz CT molecular complexity index is 575. The zero-order valence-electron chi connectivity index (χ0n) is 11.0. The summed E-state index contributed by atoms with van der Waals surface area (Å²) in [5, 5.41) is 2.91. The molecule has 112 valence electrons. The normalized spacial score (nSPS) is 17.5. The average Bonchev–Trinajstić information content (AvgIpc) is 2.33. The molecule has 0 bridgehead atoms. The van der Waals surface area contributed by atoms with Crippen molar-refractivity contribution in [1.29, 1.82) is 0 Å². The molecule has 7 nitrogen and oxygen atoms in total. The van der Waals surface area contributed by atoms with Crippen molar-refractivity contribution < 1.29 is 17.2 Å². The first-order chi connectivity index (χ1) is 9.30. The second-order valence-corrected chi connectivity index (χ2v) is 6.72. The van der Waals surface area contributed by atoms with Crippen molar-refractivity contribution in [3.8, 4) is 0 Å². The third-order valence-electron chi connectivity index (χ3n) is 2.90. The Balaban J connectivity index is 1.94. The van der Waals surface area contributed by atoms with Gasteiger partial charge in [0.2, 0.25) is 0 Å². The van der Waals surface area contributed by atoms with E-state index in [1.165, 1.54) is 18.4 Å². The third kappa shape index (κ3) is 3.02. The molecular formula is C10H15F2N5O2S. The van der Waals surface area contributed by atoms with Crippen LogP contribution in [0, 0.1) is 0 Å². The van der Waals surface area contributed by atoms with Crippen molar-refractivity contribution in [2.75, 3.05) is 32.5 Å². The fourth-order valence-corrected chi connectivity index (χ4v) is 2.93. The van der Waals surface area contributed by atoms with Crippen molar-refractivity contribution in [1.82, 2.24) is 18.6 Å². The number of halogens is 2. The van der Waals surface area contributed by atoms with Crippen LogP contribution in [-0.4, -0.2) is 60.2 Å². The highest BCUT2D eigenvalue weighted by Crippen LogP contribution is 2.21. The molecule has 1 aromatic rings. The van der Waals surface area contributed by atoms with E-state index in [4.69, 9.17) is 0 Å². The van der Waals surface area contributed by atoms with Gasteiger partial charge in [-0.3, -0.25) is 0 Å². The van der Waals surface area contributed by atoms with Gasteiger partial charge in [0.1, 0.15) is 17.8 Å². The first kappa shape index (κ1) is 15.0. The van der Waals surface area contributed by atoms with Crippen LogP contribution < -0.4 is 5.32 Å². The van der Waals surface area contributed by atoms with Crippen molar-refractivity contribution in [3.05, 3.63) is 18.1 Å². The van der Waals surface area contributed by atoms with Gasteiger partial charge in [-0.25, -0.2) is 18.7 Å². The minimum atomic E-state index is -3.41. The van der Waals surface area contributed by atoms with Gasteiger partial charge >= 0.3 is 0 Å². The van der Waals surface area contributed by atoms with Gasteiger partial charge in [-0.2, -0.15) is 17.0 Å². The van der Waals surface area contributed by atoms with Crippen LogP contribution >= 0.6 is 0 Å². The summed E-state index contributed by atoms with van der Waals surface area (Å²) < 4.78 is 50.9. The minimum absolute atomic E-state index is 0.148. The fraction of sp³-hybridized carbons (Fsp3) is 0.600. The first-order valence-electron chi connectivity index (χ1n) is 5.85. The predicted octanol–water partition coefficient (Wildman–Crippen LogP) is 0.317. The third-order valence-corrected chi connectivity index (χ3v) is 4.77. The predicted molar refractivity (Wildman–Crippen MR) is 68.6 cm³/mol. The molecule has 10 heteroatoms. The van der Waals surface area contributed by atoms with Crippen molar-refractivity contribution in [2.24, 2.45) is 0 Å². The van der Waals surface area contributed by atoms with Gasteiger partial charge in [-0.1, -0.05) is 0 Å². The van der Waals surface area contributed by atoms with E-state index in [2.05, 4.69) is 15.3 Å². The summed E-state index contributed by atoms with van der Waals surface area (Å²) in [6.07, 6.45) is -1.61. The second-order valence-electron chi connectivity index (χ2n) is 4.58. The van der Waals surface area contributed by atoms with E-state index >= 15 is 0 Å². The number of hydrogen-bond acceptors (Lipinski definition) is 5. The molecule has 2 rings (SSSR count). The van der Waals surface area contributed by atoms with E-state index in [9.17, 15) is 17.2 Å². The number of rotatable bonds is 5. The maximum Gasteiger partial charge on any atom is 0.281 e. The molecule has 1 saturated heterocycles. The van der Waals surface area contributed by atoms with Gasteiger partial charge in [0.15, 0.2) is 0 Å². The average molecular weight is 307 g/mol. The van der Waals surface area contributed by atoms with Gasteiger partial charge in [0, 0.05) is 33.3 Å². The number of aromatic nitrogens is 2. The molecule has 2 heterocycles. The molecule has 20 heavy (non-hydrogen) atoms. The highest BCUT2D eigenvalue weighted by Gasteiger charge is 2.37. The lowest BCUT2D eigenvalue weighted by atomic mass is 10.2. The van der Waals surface area contributed by atoms with Crippen LogP contribution in [-0.2, 0) is 10.2 Å². The summed E-state index contributed by atoms with van der Waals surface area (Å²) in [7, 11) is -0.505. The molecule has 0 amide bonds. The first-order valence-corrected chi connectivity index (χ1v) is 7.24. The molecule has 0 aromatic carbocycles. The summed E-state index contributed by atoms with van der Waals surface area (Å²) in [4.78, 5) is 7.29. The fourth-order valence-electron chi connectivity index (χ4n) is 1.73. The maximum atomic E-state index is 12.5. The van der Waals surface area contributed by atoms with Gasteiger partial charge in [0.05, 0.1) is 6.04 Å². The molecule has 1 aromatic heterocycles. The highest BCUT2D eigenvalue weighted by molar-refractivity contribution is 7.86. The van der Waals surface area contributed by atoms with Crippen LogP contribution in [0.15, 0.2) is 12.4 Å². The van der Waals surface area contributed by atoms with Crippen LogP contribution in [0.3, 0.4) is 0 Å². The van der Waals surface area contributed by atoms with Crippen molar-refractivity contribution >= 4 is 16.0 Å². The van der Waals surface area contributed by atoms with E-state index in [1.807, 2.05) is 0 Å². The van der Waals surface area contributed by atoms with Crippen LogP contribution in [0.5, 0.6) is 0 Å². The maximum absolute atomic E-state index is 12.5. The summed E-state index contributed by atoms with van der Waals surface area (Å²) in [5.74, 6) is 0.266. The molecule has 0 radical (unpaired) electrons. The number of anilines is 1. The summed E-state index contributed by atoms with van der Waals surface area (Å²) >= 11 is 0. The molecule has 1 aliphatic heterocycles. The van der Waals surface area contributed by atoms with E-state index in [1.54, 1.807) is 0 Å². The Morgan fingerprint density at radius 1 is 1.40 bits per heavy atom. The summed E-state index contributed by atoms with van der Waals surface area (Å²) in [5.41, 5.74) is -0.361. The standard InChI is InChI=1S/C10H15F2N5O2S/c1-16(2)20(18,19)17-4-7(5-17)15-9-3-8(10(11)12)13-6-14-9/h3,6-7,10H,4-5H2,1-2H3,(H,13,14,15). The van der Waals surface area contributed by atoms with Crippen LogP contribution in [0.2, 0.25) is 0 Å². The van der Waals surface area contributed by atoms with Gasteiger partial charge < -0.3 is 5.32 Å². The lowest BCUT2D eigenvalue weighted by molar-refractivity contribution is 0.146. The van der Waals surface area contributed by atoms with E-state index in [0.29, 0.717) is 0 Å². The Labute approximate surface area is 115 Å². The quantitative estimate of drug-likeness (QED) is 0.847. The second kappa shape index (κ2) is 5.54. The van der Waals surface area contributed by atoms with Crippen LogP contribution in [0.1, 0.15) is 12.1 Å². The molecule has 1 fully saturated rings. The Kier molecular flexibility index (Phi) is 4.16. The molecule has 0 spiro atoms. The molecule has 0 saturated carbocycles. The lowest BCUT2D eigenvalue weighted by Crippen LogP contribution is -2.59. The number of hydrogen-bond donors (Lipinski definition) is 1. The van der Waals surface area contributed by atoms with E-state index < -0.39 is 16.6 Å². The smallest absolute Gasteiger partial charge is 0.281 e. The lowest BCUT2D eigenvalue weighted by Gasteiger charge is -2.39. The van der Waals surface area contributed by atoms with Crippen LogP contribution in [0.25, 0.3) is 0 Å². The molecule has 0 unspecified atom stereocenters. The molecular weight excluding hydrogens is 292 g/mol. The summed E-state index contributed by atoms with van der Waals surface area (Å²) in [6, 6.07) is 1.01. The molecule has 1 N–H and O–H groups in total. The van der Waals surface area contributed by atoms with Crippen molar-refractivity contribution in [3.63, 3.8) is 0 Å². The van der Waals surface area contributed by atoms with Crippen molar-refractivity contribution in [2.45, 2.75) is 12.5 Å². The minimum Gasteiger partial charge on any atom is -0.365 e. The number of nitrogens with zero attached hydrogens (tertiary/aromatic N) is 4. The zero-order chi connectivity index (χ0) is 14.9. The number of alkyl halides is 2. The van der Waals surface area contributed by atoms with E-state index in [-0.39, 0.29) is 30.6 Å². The molecule has 0 aliphatic carbocycles. The van der Waals surface area contributed by atoms with Gasteiger partial charge in [-0.05, 0) is 0 Å². The monoisotopic (exact) mass is 307 g/mol. The van der Waals surface area contributed by atoms with E-state index in [0.717, 1.165) is 16.7 Å². The topological polar surface area (TPSA) is 78.4 Å². The SMILES string of the molecule is CN(C)S(=O)(=O)N1CC(Nc2cc(C(F)F)ncn2)C1. The van der Waals surface area contributed by atoms with Gasteiger partial charge in [0.25, 0.3) is 16.6 Å². The Hall–Kier alpha value is -1.39.